The van der Waals surface area contributed by atoms with E-state index >= 15 is 0 Å². The van der Waals surface area contributed by atoms with Gasteiger partial charge in [0.15, 0.2) is 0 Å². The molecule has 17 heavy (non-hydrogen) atoms. The van der Waals surface area contributed by atoms with Crippen LogP contribution in [0.5, 0.6) is 0 Å². The normalized spacial score (nSPS) is 16.6. The van der Waals surface area contributed by atoms with Crippen molar-refractivity contribution in [1.29, 1.82) is 0 Å². The Morgan fingerprint density at radius 1 is 1.41 bits per heavy atom. The maximum absolute atomic E-state index is 13.2. The predicted molar refractivity (Wildman–Crippen MR) is 57.4 cm³/mol. The molecule has 0 bridgehead atoms. The number of nitrogens with one attached hydrogen (secondary N) is 1. The summed E-state index contributed by atoms with van der Waals surface area (Å²) in [6, 6.07) is 3.38. The van der Waals surface area contributed by atoms with Crippen LogP contribution in [0, 0.1) is 11.6 Å². The largest absolute Gasteiger partial charge is 0.390 e. The molecular formula is C11H12F2N2O2. The number of carbonyl (C=O) groups excluding carboxylic acids is 1. The fraction of sp³-hybridized carbons (Fsp3) is 0.364. The minimum Gasteiger partial charge on any atom is -0.390 e. The van der Waals surface area contributed by atoms with Gasteiger partial charge in [0.25, 0.3) is 0 Å². The zero-order chi connectivity index (χ0) is 12.4. The van der Waals surface area contributed by atoms with Gasteiger partial charge in [-0.2, -0.15) is 0 Å². The molecule has 1 heterocycles. The number of β-amino-alcohol motifs (C(OH)–C–C–N with tert-alkyl or cyclic N) is 1. The number of rotatable bonds is 3. The van der Waals surface area contributed by atoms with E-state index in [9.17, 15) is 13.6 Å². The minimum atomic E-state index is -0.804. The summed E-state index contributed by atoms with van der Waals surface area (Å²) in [5.74, 6) is -2.11. The molecule has 0 unspecified atom stereocenters. The summed E-state index contributed by atoms with van der Waals surface area (Å²) < 4.78 is 26.4. The molecule has 0 radical (unpaired) electrons. The molecule has 0 aliphatic carbocycles. The lowest BCUT2D eigenvalue weighted by Gasteiger charge is -2.35. The summed E-state index contributed by atoms with van der Waals surface area (Å²) >= 11 is 0. The molecule has 1 aromatic rings. The van der Waals surface area contributed by atoms with Crippen molar-refractivity contribution in [3.05, 3.63) is 29.8 Å². The van der Waals surface area contributed by atoms with E-state index in [2.05, 4.69) is 5.32 Å². The molecule has 1 aliphatic heterocycles. The number of para-hydroxylation sites is 1. The van der Waals surface area contributed by atoms with Gasteiger partial charge >= 0.3 is 0 Å². The second-order valence-electron chi connectivity index (χ2n) is 3.99. The standard InChI is InChI=1S/C11H12F2N2O2/c12-8-2-1-3-9(13)11(8)14-10(17)6-15-4-7(16)5-15/h1-3,7,16H,4-6H2,(H,14,17). The van der Waals surface area contributed by atoms with Crippen molar-refractivity contribution < 1.29 is 18.7 Å². The lowest BCUT2D eigenvalue weighted by Crippen LogP contribution is -2.53. The Morgan fingerprint density at radius 3 is 2.53 bits per heavy atom. The van der Waals surface area contributed by atoms with Gasteiger partial charge in [-0.05, 0) is 12.1 Å². The van der Waals surface area contributed by atoms with E-state index in [1.807, 2.05) is 0 Å². The van der Waals surface area contributed by atoms with Crippen molar-refractivity contribution in [2.75, 3.05) is 25.0 Å². The number of anilines is 1. The van der Waals surface area contributed by atoms with Crippen LogP contribution in [-0.2, 0) is 4.79 Å². The Labute approximate surface area is 96.8 Å². The summed E-state index contributed by atoms with van der Waals surface area (Å²) in [5.41, 5.74) is -0.432. The van der Waals surface area contributed by atoms with Crippen LogP contribution in [0.2, 0.25) is 0 Å². The highest BCUT2D eigenvalue weighted by Gasteiger charge is 2.26. The lowest BCUT2D eigenvalue weighted by molar-refractivity contribution is -0.120. The Hall–Kier alpha value is -1.53. The summed E-state index contributed by atoms with van der Waals surface area (Å²) in [4.78, 5) is 13.1. The van der Waals surface area contributed by atoms with E-state index in [-0.39, 0.29) is 6.54 Å². The maximum atomic E-state index is 13.2. The van der Waals surface area contributed by atoms with Crippen LogP contribution in [0.15, 0.2) is 18.2 Å². The summed E-state index contributed by atoms with van der Waals surface area (Å²) in [7, 11) is 0. The highest BCUT2D eigenvalue weighted by atomic mass is 19.1. The van der Waals surface area contributed by atoms with Crippen LogP contribution in [-0.4, -0.2) is 41.7 Å². The zero-order valence-corrected chi connectivity index (χ0v) is 8.99. The topological polar surface area (TPSA) is 52.6 Å². The van der Waals surface area contributed by atoms with E-state index < -0.39 is 29.3 Å². The van der Waals surface area contributed by atoms with Gasteiger partial charge in [-0.3, -0.25) is 9.69 Å². The van der Waals surface area contributed by atoms with Crippen molar-refractivity contribution in [2.24, 2.45) is 0 Å². The quantitative estimate of drug-likeness (QED) is 0.815. The first kappa shape index (κ1) is 11.9. The van der Waals surface area contributed by atoms with Crippen LogP contribution in [0.1, 0.15) is 0 Å². The van der Waals surface area contributed by atoms with E-state index in [1.54, 1.807) is 4.90 Å². The number of halogens is 2. The minimum absolute atomic E-state index is 0.0187. The zero-order valence-electron chi connectivity index (χ0n) is 8.99. The number of benzene rings is 1. The number of aliphatic hydroxyl groups excluding tert-OH is 1. The van der Waals surface area contributed by atoms with Gasteiger partial charge in [-0.25, -0.2) is 8.78 Å². The molecule has 2 N–H and O–H groups in total. The molecule has 1 aromatic carbocycles. The summed E-state index contributed by atoms with van der Waals surface area (Å²) in [6.07, 6.45) is -0.409. The van der Waals surface area contributed by atoms with Crippen LogP contribution >= 0.6 is 0 Å². The van der Waals surface area contributed by atoms with Crippen LogP contribution in [0.4, 0.5) is 14.5 Å². The van der Waals surface area contributed by atoms with Crippen molar-refractivity contribution >= 4 is 11.6 Å². The molecule has 0 saturated carbocycles. The predicted octanol–water partition coefficient (Wildman–Crippen LogP) is 0.580. The van der Waals surface area contributed by atoms with Gasteiger partial charge in [0.2, 0.25) is 5.91 Å². The molecule has 0 aromatic heterocycles. The maximum Gasteiger partial charge on any atom is 0.238 e. The number of amides is 1. The van der Waals surface area contributed by atoms with Crippen molar-refractivity contribution in [2.45, 2.75) is 6.10 Å². The molecular weight excluding hydrogens is 230 g/mol. The molecule has 1 amide bonds. The molecule has 6 heteroatoms. The average molecular weight is 242 g/mol. The molecule has 2 rings (SSSR count). The smallest absolute Gasteiger partial charge is 0.238 e. The van der Waals surface area contributed by atoms with Crippen LogP contribution in [0.25, 0.3) is 0 Å². The number of carbonyl (C=O) groups is 1. The third kappa shape index (κ3) is 2.78. The first-order valence-electron chi connectivity index (χ1n) is 5.20. The van der Waals surface area contributed by atoms with Crippen molar-refractivity contribution in [1.82, 2.24) is 4.90 Å². The molecule has 4 nitrogen and oxygen atoms in total. The summed E-state index contributed by atoms with van der Waals surface area (Å²) in [6.45, 7) is 0.838. The Morgan fingerprint density at radius 2 is 2.00 bits per heavy atom. The van der Waals surface area contributed by atoms with Gasteiger partial charge in [0.1, 0.15) is 17.3 Å². The Balaban J connectivity index is 1.94. The fourth-order valence-corrected chi connectivity index (χ4v) is 1.67. The monoisotopic (exact) mass is 242 g/mol. The first-order chi connectivity index (χ1) is 8.06. The average Bonchev–Trinajstić information content (AvgIpc) is 2.21. The second-order valence-corrected chi connectivity index (χ2v) is 3.99. The summed E-state index contributed by atoms with van der Waals surface area (Å²) in [5, 5.41) is 11.2. The Bertz CT molecular complexity index is 413. The lowest BCUT2D eigenvalue weighted by atomic mass is 10.2. The molecule has 92 valence electrons. The fourth-order valence-electron chi connectivity index (χ4n) is 1.67. The van der Waals surface area contributed by atoms with Gasteiger partial charge in [0.05, 0.1) is 12.6 Å². The van der Waals surface area contributed by atoms with Gasteiger partial charge in [-0.15, -0.1) is 0 Å². The third-order valence-electron chi connectivity index (χ3n) is 2.53. The second kappa shape index (κ2) is 4.77. The van der Waals surface area contributed by atoms with Gasteiger partial charge in [-0.1, -0.05) is 6.07 Å². The SMILES string of the molecule is O=C(CN1CC(O)C1)Nc1c(F)cccc1F. The Kier molecular flexibility index (Phi) is 3.35. The number of likely N-dealkylation sites (tertiary alicyclic amines) is 1. The number of nitrogens with zero attached hydrogens (tertiary/aromatic N) is 1. The van der Waals surface area contributed by atoms with Crippen LogP contribution in [0.3, 0.4) is 0 Å². The van der Waals surface area contributed by atoms with Crippen molar-refractivity contribution in [3.8, 4) is 0 Å². The highest BCUT2D eigenvalue weighted by Crippen LogP contribution is 2.18. The van der Waals surface area contributed by atoms with Gasteiger partial charge in [0, 0.05) is 13.1 Å². The third-order valence-corrected chi connectivity index (χ3v) is 2.53. The molecule has 0 atom stereocenters. The molecule has 1 saturated heterocycles. The highest BCUT2D eigenvalue weighted by molar-refractivity contribution is 5.92. The van der Waals surface area contributed by atoms with E-state index in [4.69, 9.17) is 5.11 Å². The van der Waals surface area contributed by atoms with E-state index in [0.29, 0.717) is 13.1 Å². The number of hydrogen-bond acceptors (Lipinski definition) is 3. The van der Waals surface area contributed by atoms with E-state index in [1.165, 1.54) is 6.07 Å². The molecule has 0 spiro atoms. The van der Waals surface area contributed by atoms with Crippen molar-refractivity contribution in [3.63, 3.8) is 0 Å². The number of aliphatic hydroxyl groups is 1. The van der Waals surface area contributed by atoms with Crippen LogP contribution < -0.4 is 5.32 Å². The first-order valence-corrected chi connectivity index (χ1v) is 5.20. The van der Waals surface area contributed by atoms with E-state index in [0.717, 1.165) is 12.1 Å². The molecule has 1 fully saturated rings. The van der Waals surface area contributed by atoms with Gasteiger partial charge < -0.3 is 10.4 Å². The molecule has 1 aliphatic rings. The number of hydrogen-bond donors (Lipinski definition) is 2.